The third kappa shape index (κ3) is 3.00. The lowest BCUT2D eigenvalue weighted by Crippen LogP contribution is -2.43. The second-order valence-electron chi connectivity index (χ2n) is 6.91. The molecule has 0 aliphatic heterocycles. The molecule has 2 rings (SSSR count). The van der Waals surface area contributed by atoms with Crippen molar-refractivity contribution in [2.75, 3.05) is 0 Å². The molecule has 0 amide bonds. The molecule has 2 fully saturated rings. The van der Waals surface area contributed by atoms with E-state index in [1.165, 1.54) is 51.4 Å². The first-order valence-electron chi connectivity index (χ1n) is 7.34. The number of rotatable bonds is 2. The van der Waals surface area contributed by atoms with Crippen LogP contribution in [0.3, 0.4) is 0 Å². The fourth-order valence-electron chi connectivity index (χ4n) is 3.57. The molecule has 1 heteroatoms. The normalized spacial score (nSPS) is 39.6. The van der Waals surface area contributed by atoms with Crippen molar-refractivity contribution < 1.29 is 0 Å². The monoisotopic (exact) mass is 223 g/mol. The van der Waals surface area contributed by atoms with Crippen LogP contribution in [-0.4, -0.2) is 12.1 Å². The number of nitrogens with one attached hydrogen (secondary N) is 1. The molecule has 0 bridgehead atoms. The van der Waals surface area contributed by atoms with Crippen LogP contribution >= 0.6 is 0 Å². The summed E-state index contributed by atoms with van der Waals surface area (Å²) in [6.45, 7) is 7.30. The van der Waals surface area contributed by atoms with Crippen LogP contribution in [0.25, 0.3) is 0 Å². The van der Waals surface area contributed by atoms with Crippen LogP contribution in [0.15, 0.2) is 0 Å². The third-order valence-electron chi connectivity index (χ3n) is 4.95. The molecule has 1 nitrogen and oxygen atoms in total. The van der Waals surface area contributed by atoms with Gasteiger partial charge >= 0.3 is 0 Å². The minimum atomic E-state index is 0.540. The Balaban J connectivity index is 1.84. The van der Waals surface area contributed by atoms with Crippen LogP contribution in [0.2, 0.25) is 0 Å². The molecule has 0 spiro atoms. The van der Waals surface area contributed by atoms with E-state index in [0.29, 0.717) is 5.41 Å². The summed E-state index contributed by atoms with van der Waals surface area (Å²) in [4.78, 5) is 0. The van der Waals surface area contributed by atoms with Gasteiger partial charge in [-0.2, -0.15) is 0 Å². The van der Waals surface area contributed by atoms with Gasteiger partial charge in [0.05, 0.1) is 0 Å². The van der Waals surface area contributed by atoms with Crippen molar-refractivity contribution in [3.05, 3.63) is 0 Å². The molecular weight excluding hydrogens is 194 g/mol. The summed E-state index contributed by atoms with van der Waals surface area (Å²) in [6.07, 6.45) is 11.4. The molecule has 0 aromatic heterocycles. The van der Waals surface area contributed by atoms with Crippen LogP contribution in [0.5, 0.6) is 0 Å². The van der Waals surface area contributed by atoms with E-state index in [2.05, 4.69) is 26.1 Å². The van der Waals surface area contributed by atoms with Crippen molar-refractivity contribution in [1.29, 1.82) is 0 Å². The molecule has 0 aromatic rings. The smallest absolute Gasteiger partial charge is 0.0121 e. The van der Waals surface area contributed by atoms with Gasteiger partial charge in [-0.3, -0.25) is 0 Å². The minimum absolute atomic E-state index is 0.540. The van der Waals surface area contributed by atoms with E-state index in [0.717, 1.165) is 18.0 Å². The van der Waals surface area contributed by atoms with Gasteiger partial charge in [0.25, 0.3) is 0 Å². The summed E-state index contributed by atoms with van der Waals surface area (Å²) >= 11 is 0. The van der Waals surface area contributed by atoms with Crippen molar-refractivity contribution in [3.8, 4) is 0 Å². The summed E-state index contributed by atoms with van der Waals surface area (Å²) in [6, 6.07) is 1.60. The average molecular weight is 223 g/mol. The summed E-state index contributed by atoms with van der Waals surface area (Å²) in [7, 11) is 0. The summed E-state index contributed by atoms with van der Waals surface area (Å²) in [5.41, 5.74) is 0.540. The molecule has 0 aromatic carbocycles. The summed E-state index contributed by atoms with van der Waals surface area (Å²) < 4.78 is 0. The van der Waals surface area contributed by atoms with Gasteiger partial charge < -0.3 is 5.32 Å². The fraction of sp³-hybridized carbons (Fsp3) is 1.00. The molecule has 94 valence electrons. The SMILES string of the molecule is CC1CCCC(NC2CCCC2(C)C)CC1. The minimum Gasteiger partial charge on any atom is -0.311 e. The van der Waals surface area contributed by atoms with E-state index >= 15 is 0 Å². The molecule has 0 heterocycles. The number of hydrogen-bond donors (Lipinski definition) is 1. The molecule has 2 saturated carbocycles. The van der Waals surface area contributed by atoms with E-state index in [9.17, 15) is 0 Å². The first-order valence-corrected chi connectivity index (χ1v) is 7.34. The highest BCUT2D eigenvalue weighted by molar-refractivity contribution is 4.92. The Morgan fingerprint density at radius 1 is 0.938 bits per heavy atom. The highest BCUT2D eigenvalue weighted by Crippen LogP contribution is 2.38. The van der Waals surface area contributed by atoms with Gasteiger partial charge in [0.2, 0.25) is 0 Å². The van der Waals surface area contributed by atoms with Gasteiger partial charge in [0, 0.05) is 12.1 Å². The Morgan fingerprint density at radius 3 is 2.44 bits per heavy atom. The number of hydrogen-bond acceptors (Lipinski definition) is 1. The van der Waals surface area contributed by atoms with E-state index in [1.54, 1.807) is 0 Å². The fourth-order valence-corrected chi connectivity index (χ4v) is 3.57. The molecule has 3 atom stereocenters. The molecule has 16 heavy (non-hydrogen) atoms. The highest BCUT2D eigenvalue weighted by atomic mass is 15.0. The Hall–Kier alpha value is -0.0400. The van der Waals surface area contributed by atoms with Gasteiger partial charge in [-0.25, -0.2) is 0 Å². The Morgan fingerprint density at radius 2 is 1.75 bits per heavy atom. The maximum atomic E-state index is 3.97. The van der Waals surface area contributed by atoms with E-state index in [1.807, 2.05) is 0 Å². The standard InChI is InChI=1S/C15H29N/c1-12-6-4-7-13(10-9-12)16-14-8-5-11-15(14,2)3/h12-14,16H,4-11H2,1-3H3. The maximum absolute atomic E-state index is 3.97. The predicted molar refractivity (Wildman–Crippen MR) is 70.6 cm³/mol. The van der Waals surface area contributed by atoms with Crippen LogP contribution < -0.4 is 5.32 Å². The average Bonchev–Trinajstić information content (AvgIpc) is 2.43. The maximum Gasteiger partial charge on any atom is 0.0121 e. The lowest BCUT2D eigenvalue weighted by molar-refractivity contribution is 0.251. The van der Waals surface area contributed by atoms with Crippen molar-refractivity contribution in [2.45, 2.75) is 84.2 Å². The Labute approximate surface area is 101 Å². The lowest BCUT2D eigenvalue weighted by atomic mass is 9.86. The summed E-state index contributed by atoms with van der Waals surface area (Å²) in [5.74, 6) is 0.961. The van der Waals surface area contributed by atoms with E-state index in [-0.39, 0.29) is 0 Å². The Bertz CT molecular complexity index is 221. The second kappa shape index (κ2) is 5.08. The largest absolute Gasteiger partial charge is 0.311 e. The zero-order valence-corrected chi connectivity index (χ0v) is 11.4. The van der Waals surface area contributed by atoms with Crippen LogP contribution in [0.1, 0.15) is 72.1 Å². The Kier molecular flexibility index (Phi) is 3.94. The quantitative estimate of drug-likeness (QED) is 0.694. The molecule has 1 N–H and O–H groups in total. The first-order chi connectivity index (χ1) is 7.58. The van der Waals surface area contributed by atoms with Gasteiger partial charge in [0.1, 0.15) is 0 Å². The second-order valence-corrected chi connectivity index (χ2v) is 6.91. The van der Waals surface area contributed by atoms with Crippen molar-refractivity contribution in [2.24, 2.45) is 11.3 Å². The summed E-state index contributed by atoms with van der Waals surface area (Å²) in [5, 5.41) is 3.97. The molecule has 0 radical (unpaired) electrons. The van der Waals surface area contributed by atoms with Crippen LogP contribution in [0.4, 0.5) is 0 Å². The van der Waals surface area contributed by atoms with Crippen molar-refractivity contribution in [3.63, 3.8) is 0 Å². The van der Waals surface area contributed by atoms with Gasteiger partial charge in [-0.05, 0) is 43.4 Å². The first kappa shape index (κ1) is 12.4. The highest BCUT2D eigenvalue weighted by Gasteiger charge is 2.35. The zero-order valence-electron chi connectivity index (χ0n) is 11.4. The van der Waals surface area contributed by atoms with Crippen LogP contribution in [-0.2, 0) is 0 Å². The van der Waals surface area contributed by atoms with E-state index < -0.39 is 0 Å². The molecule has 2 aliphatic rings. The zero-order chi connectivity index (χ0) is 11.6. The van der Waals surface area contributed by atoms with Crippen molar-refractivity contribution in [1.82, 2.24) is 5.32 Å². The topological polar surface area (TPSA) is 12.0 Å². The molecule has 3 unspecified atom stereocenters. The molecular formula is C15H29N. The molecule has 0 saturated heterocycles. The lowest BCUT2D eigenvalue weighted by Gasteiger charge is -2.32. The predicted octanol–water partition coefficient (Wildman–Crippen LogP) is 4.12. The van der Waals surface area contributed by atoms with E-state index in [4.69, 9.17) is 0 Å². The van der Waals surface area contributed by atoms with Gasteiger partial charge in [-0.15, -0.1) is 0 Å². The third-order valence-corrected chi connectivity index (χ3v) is 4.95. The van der Waals surface area contributed by atoms with Crippen LogP contribution in [0, 0.1) is 11.3 Å². The molecule has 2 aliphatic carbocycles. The van der Waals surface area contributed by atoms with Gasteiger partial charge in [-0.1, -0.05) is 40.0 Å². The van der Waals surface area contributed by atoms with Gasteiger partial charge in [0.15, 0.2) is 0 Å². The van der Waals surface area contributed by atoms with Crippen molar-refractivity contribution >= 4 is 0 Å².